The quantitative estimate of drug-likeness (QED) is 0.0222. The first-order valence-corrected chi connectivity index (χ1v) is 41.3. The molecule has 0 aromatic rings. The van der Waals surface area contributed by atoms with Crippen LogP contribution in [0, 0.1) is 23.7 Å². The van der Waals surface area contributed by atoms with E-state index in [0.717, 1.165) is 120 Å². The van der Waals surface area contributed by atoms with Crippen LogP contribution in [0.5, 0.6) is 0 Å². The highest BCUT2D eigenvalue weighted by Crippen LogP contribution is 2.45. The van der Waals surface area contributed by atoms with Gasteiger partial charge < -0.3 is 33.8 Å². The Hall–Kier alpha value is -1.94. The first-order chi connectivity index (χ1) is 44.7. The molecule has 0 saturated carbocycles. The molecule has 0 amide bonds. The molecular weight excluding hydrogens is 1220 g/mol. The molecule has 0 aliphatic heterocycles. The second-order valence-corrected chi connectivity index (χ2v) is 31.0. The number of hydrogen-bond donors (Lipinski definition) is 3. The largest absolute Gasteiger partial charge is 0.472 e. The summed E-state index contributed by atoms with van der Waals surface area (Å²) < 4.78 is 68.4. The fourth-order valence-electron chi connectivity index (χ4n) is 11.1. The highest BCUT2D eigenvalue weighted by Gasteiger charge is 2.30. The van der Waals surface area contributed by atoms with Crippen LogP contribution in [0.4, 0.5) is 0 Å². The van der Waals surface area contributed by atoms with E-state index in [1.54, 1.807) is 0 Å². The molecule has 552 valence electrons. The number of phosphoric ester groups is 2. The molecule has 0 fully saturated rings. The Morgan fingerprint density at radius 3 is 0.763 bits per heavy atom. The van der Waals surface area contributed by atoms with Crippen LogP contribution >= 0.6 is 15.6 Å². The molecule has 0 radical (unpaired) electrons. The Morgan fingerprint density at radius 2 is 0.516 bits per heavy atom. The van der Waals surface area contributed by atoms with Crippen LogP contribution < -0.4 is 0 Å². The van der Waals surface area contributed by atoms with Gasteiger partial charge in [0.2, 0.25) is 0 Å². The van der Waals surface area contributed by atoms with Crippen molar-refractivity contribution in [3.05, 3.63) is 0 Å². The Kier molecular flexibility index (Phi) is 62.2. The van der Waals surface area contributed by atoms with Crippen molar-refractivity contribution in [2.75, 3.05) is 39.6 Å². The number of phosphoric acid groups is 2. The molecule has 0 heterocycles. The lowest BCUT2D eigenvalue weighted by molar-refractivity contribution is -0.161. The average Bonchev–Trinajstić information content (AvgIpc) is 2.62. The van der Waals surface area contributed by atoms with Crippen molar-refractivity contribution < 1.29 is 80.2 Å². The lowest BCUT2D eigenvalue weighted by Gasteiger charge is -2.21. The van der Waals surface area contributed by atoms with Gasteiger partial charge in [-0.1, -0.05) is 319 Å². The van der Waals surface area contributed by atoms with E-state index < -0.39 is 97.5 Å². The van der Waals surface area contributed by atoms with E-state index >= 15 is 0 Å². The SMILES string of the molecule is CCC(C)CCCCCCCCCCCCC(=O)O[C@H](COC(=O)CCCCCCCCC(C)CC)COP(=O)(O)OC[C@H](O)COP(=O)(O)OC[C@@H](COC(=O)CCCCCCCCCCCCCCCCC(C)C)OC(=O)CCCCCCCCCCCC(C)C. The van der Waals surface area contributed by atoms with Crippen molar-refractivity contribution in [2.45, 2.75) is 388 Å². The summed E-state index contributed by atoms with van der Waals surface area (Å²) in [6.45, 7) is 14.2. The minimum Gasteiger partial charge on any atom is -0.462 e. The van der Waals surface area contributed by atoms with Crippen LogP contribution in [0.15, 0.2) is 0 Å². The van der Waals surface area contributed by atoms with Gasteiger partial charge in [0.05, 0.1) is 26.4 Å². The number of hydrogen-bond acceptors (Lipinski definition) is 15. The zero-order valence-electron chi connectivity index (χ0n) is 60.9. The van der Waals surface area contributed by atoms with Crippen molar-refractivity contribution in [1.82, 2.24) is 0 Å². The summed E-state index contributed by atoms with van der Waals surface area (Å²) in [5.41, 5.74) is 0. The van der Waals surface area contributed by atoms with Crippen molar-refractivity contribution in [3.63, 3.8) is 0 Å². The summed E-state index contributed by atoms with van der Waals surface area (Å²) in [7, 11) is -9.91. The van der Waals surface area contributed by atoms with Crippen molar-refractivity contribution in [1.29, 1.82) is 0 Å². The van der Waals surface area contributed by atoms with Gasteiger partial charge >= 0.3 is 39.5 Å². The van der Waals surface area contributed by atoms with Crippen LogP contribution in [0.3, 0.4) is 0 Å². The fraction of sp³-hybridized carbons (Fsp3) is 0.946. The number of carbonyl (C=O) groups excluding carboxylic acids is 4. The molecule has 4 unspecified atom stereocenters. The number of aliphatic hydroxyl groups excluding tert-OH is 1. The lowest BCUT2D eigenvalue weighted by Crippen LogP contribution is -2.30. The fourth-order valence-corrected chi connectivity index (χ4v) is 12.7. The molecule has 0 aromatic heterocycles. The van der Waals surface area contributed by atoms with E-state index in [1.165, 1.54) is 167 Å². The number of aliphatic hydroxyl groups is 1. The van der Waals surface area contributed by atoms with Crippen LogP contribution in [0.1, 0.15) is 370 Å². The molecule has 0 rings (SSSR count). The predicted molar refractivity (Wildman–Crippen MR) is 377 cm³/mol. The minimum absolute atomic E-state index is 0.105. The summed E-state index contributed by atoms with van der Waals surface area (Å²) >= 11 is 0. The van der Waals surface area contributed by atoms with Gasteiger partial charge in [0.1, 0.15) is 19.3 Å². The zero-order valence-corrected chi connectivity index (χ0v) is 62.7. The van der Waals surface area contributed by atoms with Gasteiger partial charge in [0.25, 0.3) is 0 Å². The molecule has 17 nitrogen and oxygen atoms in total. The standard InChI is InChI=1S/C74H144O17P2/c1-9-66(7)52-44-36-28-22-17-18-24-30-40-48-56-73(78)91-70(61-85-72(77)55-47-39-33-32-37-45-53-67(8)10-2)63-89-93(82,83)87-59-68(75)58-86-92(80,81)88-62-69(90-74(79)57-49-41-31-25-19-21-27-35-43-51-65(5)6)60-84-71(76)54-46-38-29-23-16-14-12-11-13-15-20-26-34-42-50-64(3)4/h64-70,75H,9-63H2,1-8H3,(H,80,81)(H,82,83)/t66?,67?,68-,69-,70-/m1/s1. The molecule has 3 N–H and O–H groups in total. The Bertz CT molecular complexity index is 1840. The summed E-state index contributed by atoms with van der Waals surface area (Å²) in [6, 6.07) is 0. The first-order valence-electron chi connectivity index (χ1n) is 38.3. The molecule has 0 aliphatic carbocycles. The van der Waals surface area contributed by atoms with E-state index in [1.807, 2.05) is 0 Å². The first kappa shape index (κ1) is 91.1. The Balaban J connectivity index is 5.24. The van der Waals surface area contributed by atoms with Crippen LogP contribution in [0.2, 0.25) is 0 Å². The molecule has 0 aromatic carbocycles. The molecule has 19 heteroatoms. The van der Waals surface area contributed by atoms with Crippen molar-refractivity contribution in [3.8, 4) is 0 Å². The monoisotopic (exact) mass is 1370 g/mol. The van der Waals surface area contributed by atoms with Crippen LogP contribution in [-0.2, 0) is 65.4 Å². The molecule has 0 aliphatic rings. The number of unbranched alkanes of at least 4 members (excludes halogenated alkanes) is 35. The molecular formula is C74H144O17P2. The van der Waals surface area contributed by atoms with Crippen molar-refractivity contribution >= 4 is 39.5 Å². The summed E-state index contributed by atoms with van der Waals surface area (Å²) in [5.74, 6) is 0.945. The van der Waals surface area contributed by atoms with E-state index in [0.29, 0.717) is 25.7 Å². The predicted octanol–water partition coefficient (Wildman–Crippen LogP) is 21.3. The van der Waals surface area contributed by atoms with Gasteiger partial charge in [-0.3, -0.25) is 37.3 Å². The van der Waals surface area contributed by atoms with Gasteiger partial charge in [0.15, 0.2) is 12.2 Å². The Labute approximate surface area is 568 Å². The highest BCUT2D eigenvalue weighted by molar-refractivity contribution is 7.47. The molecule has 7 atom stereocenters. The molecule has 93 heavy (non-hydrogen) atoms. The number of rotatable bonds is 71. The third-order valence-electron chi connectivity index (χ3n) is 17.8. The Morgan fingerprint density at radius 1 is 0.301 bits per heavy atom. The highest BCUT2D eigenvalue weighted by atomic mass is 31.2. The van der Waals surface area contributed by atoms with E-state index in [2.05, 4.69) is 55.4 Å². The van der Waals surface area contributed by atoms with E-state index in [4.69, 9.17) is 37.0 Å². The smallest absolute Gasteiger partial charge is 0.462 e. The number of esters is 4. The zero-order chi connectivity index (χ0) is 68.9. The van der Waals surface area contributed by atoms with Gasteiger partial charge in [0, 0.05) is 25.7 Å². The second kappa shape index (κ2) is 63.5. The third-order valence-corrected chi connectivity index (χ3v) is 19.7. The normalized spacial score (nSPS) is 14.8. The molecule has 0 spiro atoms. The van der Waals surface area contributed by atoms with E-state index in [-0.39, 0.29) is 25.7 Å². The summed E-state index contributed by atoms with van der Waals surface area (Å²) in [5, 5.41) is 10.6. The summed E-state index contributed by atoms with van der Waals surface area (Å²) in [6.07, 6.45) is 47.1. The number of ether oxygens (including phenoxy) is 4. The molecule has 0 bridgehead atoms. The van der Waals surface area contributed by atoms with Gasteiger partial charge in [-0.25, -0.2) is 9.13 Å². The lowest BCUT2D eigenvalue weighted by atomic mass is 9.99. The third kappa shape index (κ3) is 65.8. The van der Waals surface area contributed by atoms with Crippen LogP contribution in [0.25, 0.3) is 0 Å². The van der Waals surface area contributed by atoms with Gasteiger partial charge in [-0.15, -0.1) is 0 Å². The average molecular weight is 1370 g/mol. The maximum atomic E-state index is 13.1. The second-order valence-electron chi connectivity index (χ2n) is 28.1. The number of carbonyl (C=O) groups is 4. The van der Waals surface area contributed by atoms with Gasteiger partial charge in [-0.2, -0.15) is 0 Å². The van der Waals surface area contributed by atoms with Crippen molar-refractivity contribution in [2.24, 2.45) is 23.7 Å². The van der Waals surface area contributed by atoms with E-state index in [9.17, 15) is 43.2 Å². The summed E-state index contributed by atoms with van der Waals surface area (Å²) in [4.78, 5) is 72.7. The topological polar surface area (TPSA) is 237 Å². The van der Waals surface area contributed by atoms with Crippen LogP contribution in [-0.4, -0.2) is 96.7 Å². The van der Waals surface area contributed by atoms with Gasteiger partial charge in [-0.05, 0) is 49.4 Å². The minimum atomic E-state index is -4.96. The maximum Gasteiger partial charge on any atom is 0.472 e. The maximum absolute atomic E-state index is 13.1. The molecule has 0 saturated heterocycles.